The maximum absolute atomic E-state index is 12.5. The first kappa shape index (κ1) is 23.5. The Kier molecular flexibility index (Phi) is 8.47. The SMILES string of the molecule is CC(C)C[C@@H](Oc1cccc(Cl)c1)[C@H](C)OC(=O)[C@H](C)NC(=O)c1ncccc1O. The van der Waals surface area contributed by atoms with Crippen molar-refractivity contribution in [3.05, 3.63) is 53.3 Å². The molecule has 0 fully saturated rings. The summed E-state index contributed by atoms with van der Waals surface area (Å²) in [5, 5.41) is 12.8. The molecule has 1 heterocycles. The van der Waals surface area contributed by atoms with Crippen molar-refractivity contribution in [2.24, 2.45) is 5.92 Å². The highest BCUT2D eigenvalue weighted by Gasteiger charge is 2.27. The first-order valence-corrected chi connectivity index (χ1v) is 10.1. The smallest absolute Gasteiger partial charge is 0.328 e. The van der Waals surface area contributed by atoms with Crippen LogP contribution in [0.2, 0.25) is 5.02 Å². The third-order valence-corrected chi connectivity index (χ3v) is 4.55. The fourth-order valence-electron chi connectivity index (χ4n) is 2.77. The van der Waals surface area contributed by atoms with Gasteiger partial charge in [-0.15, -0.1) is 0 Å². The summed E-state index contributed by atoms with van der Waals surface area (Å²) in [6, 6.07) is 8.93. The number of carbonyl (C=O) groups excluding carboxylic acids is 2. The first-order chi connectivity index (χ1) is 14.2. The molecule has 30 heavy (non-hydrogen) atoms. The van der Waals surface area contributed by atoms with Crippen LogP contribution in [0.1, 0.15) is 44.6 Å². The number of hydrogen-bond acceptors (Lipinski definition) is 6. The lowest BCUT2D eigenvalue weighted by molar-refractivity contribution is -0.155. The molecule has 3 atom stereocenters. The second kappa shape index (κ2) is 10.8. The van der Waals surface area contributed by atoms with E-state index in [0.29, 0.717) is 23.1 Å². The van der Waals surface area contributed by atoms with Gasteiger partial charge in [-0.25, -0.2) is 9.78 Å². The van der Waals surface area contributed by atoms with Gasteiger partial charge in [0.25, 0.3) is 5.91 Å². The van der Waals surface area contributed by atoms with Crippen molar-refractivity contribution in [1.29, 1.82) is 0 Å². The summed E-state index contributed by atoms with van der Waals surface area (Å²) in [5.74, 6) is -0.660. The summed E-state index contributed by atoms with van der Waals surface area (Å²) in [5.41, 5.74) is -0.160. The number of ether oxygens (including phenoxy) is 2. The van der Waals surface area contributed by atoms with Crippen molar-refractivity contribution in [3.8, 4) is 11.5 Å². The molecule has 0 radical (unpaired) electrons. The molecule has 1 aromatic heterocycles. The van der Waals surface area contributed by atoms with Gasteiger partial charge in [0, 0.05) is 11.2 Å². The van der Waals surface area contributed by atoms with E-state index in [1.807, 2.05) is 13.8 Å². The number of benzene rings is 1. The lowest BCUT2D eigenvalue weighted by atomic mass is 10.0. The van der Waals surface area contributed by atoms with Crippen LogP contribution in [0.5, 0.6) is 11.5 Å². The van der Waals surface area contributed by atoms with Crippen molar-refractivity contribution in [2.75, 3.05) is 0 Å². The standard InChI is InChI=1S/C22H27ClN2O5/c1-13(2)11-19(30-17-8-5-7-16(23)12-17)15(4)29-22(28)14(3)25-21(27)20-18(26)9-6-10-24-20/h5-10,12-15,19,26H,11H2,1-4H3,(H,25,27)/t14-,15-,19+/m0/s1. The molecule has 8 heteroatoms. The average Bonchev–Trinajstić information content (AvgIpc) is 2.67. The van der Waals surface area contributed by atoms with Crippen LogP contribution in [-0.4, -0.2) is 40.2 Å². The quantitative estimate of drug-likeness (QED) is 0.579. The zero-order chi connectivity index (χ0) is 22.3. The molecule has 7 nitrogen and oxygen atoms in total. The van der Waals surface area contributed by atoms with Crippen LogP contribution in [0.25, 0.3) is 0 Å². The second-order valence-electron chi connectivity index (χ2n) is 7.45. The number of nitrogens with zero attached hydrogens (tertiary/aromatic N) is 1. The predicted molar refractivity (Wildman–Crippen MR) is 114 cm³/mol. The Hall–Kier alpha value is -2.80. The average molecular weight is 435 g/mol. The summed E-state index contributed by atoms with van der Waals surface area (Å²) in [6.07, 6.45) is 1.07. The number of hydrogen-bond donors (Lipinski definition) is 2. The monoisotopic (exact) mass is 434 g/mol. The molecular formula is C22H27ClN2O5. The number of rotatable bonds is 9. The second-order valence-corrected chi connectivity index (χ2v) is 7.89. The van der Waals surface area contributed by atoms with E-state index < -0.39 is 30.1 Å². The van der Waals surface area contributed by atoms with Gasteiger partial charge < -0.3 is 19.9 Å². The maximum Gasteiger partial charge on any atom is 0.328 e. The number of aromatic hydroxyl groups is 1. The first-order valence-electron chi connectivity index (χ1n) is 9.75. The minimum absolute atomic E-state index is 0.160. The summed E-state index contributed by atoms with van der Waals surface area (Å²) in [6.45, 7) is 7.34. The molecule has 1 amide bonds. The maximum atomic E-state index is 12.5. The molecule has 0 aliphatic heterocycles. The minimum Gasteiger partial charge on any atom is -0.505 e. The highest BCUT2D eigenvalue weighted by atomic mass is 35.5. The molecule has 0 aliphatic carbocycles. The van der Waals surface area contributed by atoms with Crippen molar-refractivity contribution < 1.29 is 24.2 Å². The van der Waals surface area contributed by atoms with Crippen molar-refractivity contribution >= 4 is 23.5 Å². The summed E-state index contributed by atoms with van der Waals surface area (Å²) < 4.78 is 11.6. The Morgan fingerprint density at radius 1 is 1.17 bits per heavy atom. The van der Waals surface area contributed by atoms with Crippen LogP contribution in [-0.2, 0) is 9.53 Å². The summed E-state index contributed by atoms with van der Waals surface area (Å²) in [7, 11) is 0. The van der Waals surface area contributed by atoms with Gasteiger partial charge in [0.1, 0.15) is 29.7 Å². The fourth-order valence-corrected chi connectivity index (χ4v) is 2.95. The molecule has 0 unspecified atom stereocenters. The van der Waals surface area contributed by atoms with E-state index >= 15 is 0 Å². The number of aromatic nitrogens is 1. The molecule has 0 saturated carbocycles. The minimum atomic E-state index is -0.938. The van der Waals surface area contributed by atoms with Crippen LogP contribution in [0.15, 0.2) is 42.6 Å². The lowest BCUT2D eigenvalue weighted by Crippen LogP contribution is -2.43. The Balaban J connectivity index is 2.00. The molecule has 162 valence electrons. The molecule has 2 aromatic rings. The van der Waals surface area contributed by atoms with Crippen molar-refractivity contribution in [2.45, 2.75) is 52.4 Å². The lowest BCUT2D eigenvalue weighted by Gasteiger charge is -2.27. The van der Waals surface area contributed by atoms with E-state index in [0.717, 1.165) is 0 Å². The highest BCUT2D eigenvalue weighted by molar-refractivity contribution is 6.30. The number of esters is 1. The molecule has 1 aromatic carbocycles. The molecule has 0 aliphatic rings. The number of carbonyl (C=O) groups is 2. The van der Waals surface area contributed by atoms with Crippen LogP contribution >= 0.6 is 11.6 Å². The third kappa shape index (κ3) is 6.91. The third-order valence-electron chi connectivity index (χ3n) is 4.32. The molecule has 2 N–H and O–H groups in total. The number of amides is 1. The van der Waals surface area contributed by atoms with Gasteiger partial charge in [0.2, 0.25) is 0 Å². The Morgan fingerprint density at radius 3 is 2.53 bits per heavy atom. The van der Waals surface area contributed by atoms with E-state index in [1.165, 1.54) is 25.3 Å². The van der Waals surface area contributed by atoms with Crippen molar-refractivity contribution in [1.82, 2.24) is 10.3 Å². The zero-order valence-corrected chi connectivity index (χ0v) is 18.2. The topological polar surface area (TPSA) is 97.8 Å². The summed E-state index contributed by atoms with van der Waals surface area (Å²) >= 11 is 6.02. The van der Waals surface area contributed by atoms with Gasteiger partial charge in [0.15, 0.2) is 5.69 Å². The Bertz CT molecular complexity index is 874. The van der Waals surface area contributed by atoms with Gasteiger partial charge in [-0.05, 0) is 56.5 Å². The number of pyridine rings is 1. The molecule has 0 bridgehead atoms. The van der Waals surface area contributed by atoms with E-state index in [4.69, 9.17) is 21.1 Å². The zero-order valence-electron chi connectivity index (χ0n) is 17.5. The van der Waals surface area contributed by atoms with Gasteiger partial charge in [-0.1, -0.05) is 31.5 Å². The van der Waals surface area contributed by atoms with Crippen LogP contribution in [0.4, 0.5) is 0 Å². The van der Waals surface area contributed by atoms with Gasteiger partial charge in [-0.2, -0.15) is 0 Å². The molecule has 0 saturated heterocycles. The van der Waals surface area contributed by atoms with E-state index in [9.17, 15) is 14.7 Å². The molecule has 2 rings (SSSR count). The van der Waals surface area contributed by atoms with Crippen LogP contribution in [0, 0.1) is 5.92 Å². The van der Waals surface area contributed by atoms with E-state index in [2.05, 4.69) is 10.3 Å². The molecular weight excluding hydrogens is 408 g/mol. The fraction of sp³-hybridized carbons (Fsp3) is 0.409. The Labute approximate surface area is 181 Å². The van der Waals surface area contributed by atoms with Gasteiger partial charge in [0.05, 0.1) is 0 Å². The number of halogens is 1. The van der Waals surface area contributed by atoms with E-state index in [-0.39, 0.29) is 11.4 Å². The van der Waals surface area contributed by atoms with Crippen LogP contribution < -0.4 is 10.1 Å². The van der Waals surface area contributed by atoms with E-state index in [1.54, 1.807) is 31.2 Å². The largest absolute Gasteiger partial charge is 0.505 e. The Morgan fingerprint density at radius 2 is 1.90 bits per heavy atom. The predicted octanol–water partition coefficient (Wildman–Crippen LogP) is 3.98. The number of nitrogens with one attached hydrogen (secondary N) is 1. The molecule has 0 spiro atoms. The highest BCUT2D eigenvalue weighted by Crippen LogP contribution is 2.23. The van der Waals surface area contributed by atoms with Crippen LogP contribution in [0.3, 0.4) is 0 Å². The summed E-state index contributed by atoms with van der Waals surface area (Å²) in [4.78, 5) is 28.6. The van der Waals surface area contributed by atoms with Gasteiger partial charge in [-0.3, -0.25) is 4.79 Å². The normalized spacial score (nSPS) is 13.9. The van der Waals surface area contributed by atoms with Gasteiger partial charge >= 0.3 is 5.97 Å². The van der Waals surface area contributed by atoms with Crippen molar-refractivity contribution in [3.63, 3.8) is 0 Å².